The monoisotopic (exact) mass is 367 g/mol. The first-order chi connectivity index (χ1) is 11.7. The Morgan fingerprint density at radius 2 is 1.72 bits per heavy atom. The van der Waals surface area contributed by atoms with Gasteiger partial charge in [0.1, 0.15) is 0 Å². The number of thiocarbonyl (C=S) groups is 1. The van der Waals surface area contributed by atoms with E-state index in [4.69, 9.17) is 12.2 Å². The smallest absolute Gasteiger partial charge is 0.331 e. The molecule has 3 N–H and O–H groups in total. The maximum Gasteiger partial charge on any atom is 0.416 e. The summed E-state index contributed by atoms with van der Waals surface area (Å²) in [6, 6.07) is 9.76. The van der Waals surface area contributed by atoms with E-state index in [1.807, 2.05) is 32.0 Å². The van der Waals surface area contributed by atoms with E-state index < -0.39 is 17.6 Å². The molecule has 0 aromatic heterocycles. The third-order valence-corrected chi connectivity index (χ3v) is 3.80. The molecular formula is C17H16F3N3OS. The van der Waals surface area contributed by atoms with Crippen molar-refractivity contribution in [2.24, 2.45) is 0 Å². The lowest BCUT2D eigenvalue weighted by Crippen LogP contribution is -2.43. The third-order valence-electron chi connectivity index (χ3n) is 3.59. The van der Waals surface area contributed by atoms with Crippen LogP contribution in [0.5, 0.6) is 0 Å². The lowest BCUT2D eigenvalue weighted by molar-refractivity contribution is -0.137. The van der Waals surface area contributed by atoms with Gasteiger partial charge in [0, 0.05) is 11.3 Å². The molecular weight excluding hydrogens is 351 g/mol. The molecule has 2 aromatic carbocycles. The molecule has 1 amide bonds. The van der Waals surface area contributed by atoms with Gasteiger partial charge in [-0.3, -0.25) is 15.6 Å². The van der Waals surface area contributed by atoms with Crippen LogP contribution >= 0.6 is 12.2 Å². The molecule has 4 nitrogen and oxygen atoms in total. The van der Waals surface area contributed by atoms with Crippen LogP contribution in [-0.4, -0.2) is 11.0 Å². The lowest BCUT2D eigenvalue weighted by atomic mass is 10.1. The number of halogens is 3. The molecule has 0 saturated heterocycles. The van der Waals surface area contributed by atoms with Gasteiger partial charge in [0.05, 0.1) is 5.56 Å². The van der Waals surface area contributed by atoms with Gasteiger partial charge in [-0.2, -0.15) is 13.2 Å². The average Bonchev–Trinajstić information content (AvgIpc) is 2.56. The first-order valence-corrected chi connectivity index (χ1v) is 7.70. The number of benzene rings is 2. The maximum atomic E-state index is 12.7. The Labute approximate surface area is 148 Å². The molecule has 0 saturated carbocycles. The summed E-state index contributed by atoms with van der Waals surface area (Å²) < 4.78 is 38.0. The van der Waals surface area contributed by atoms with Crippen molar-refractivity contribution in [1.29, 1.82) is 0 Å². The summed E-state index contributed by atoms with van der Waals surface area (Å²) in [7, 11) is 0. The van der Waals surface area contributed by atoms with Crippen LogP contribution < -0.4 is 16.2 Å². The topological polar surface area (TPSA) is 53.2 Å². The number of amides is 1. The predicted molar refractivity (Wildman–Crippen MR) is 94.2 cm³/mol. The molecule has 0 heterocycles. The molecule has 25 heavy (non-hydrogen) atoms. The molecule has 0 radical (unpaired) electrons. The van der Waals surface area contributed by atoms with Crippen molar-refractivity contribution >= 4 is 28.9 Å². The lowest BCUT2D eigenvalue weighted by Gasteiger charge is -2.14. The number of anilines is 1. The number of hydrazine groups is 1. The van der Waals surface area contributed by atoms with Crippen molar-refractivity contribution in [2.45, 2.75) is 20.0 Å². The van der Waals surface area contributed by atoms with E-state index in [0.29, 0.717) is 0 Å². The fourth-order valence-corrected chi connectivity index (χ4v) is 2.22. The van der Waals surface area contributed by atoms with E-state index in [0.717, 1.165) is 28.9 Å². The summed E-state index contributed by atoms with van der Waals surface area (Å²) in [5, 5.41) is 3.04. The standard InChI is InChI=1S/C17H16F3N3OS/c1-10-5-3-8-14(11(10)2)21-16(25)23-22-15(24)12-6-4-7-13(9-12)17(18,19)20/h3-9H,1-2H3,(H,22,24)(H2,21,23,25). The van der Waals surface area contributed by atoms with Crippen LogP contribution in [0.3, 0.4) is 0 Å². The van der Waals surface area contributed by atoms with Crippen molar-refractivity contribution in [1.82, 2.24) is 10.9 Å². The predicted octanol–water partition coefficient (Wildman–Crippen LogP) is 3.95. The Hall–Kier alpha value is -2.61. The molecule has 132 valence electrons. The molecule has 2 rings (SSSR count). The van der Waals surface area contributed by atoms with Crippen molar-refractivity contribution < 1.29 is 18.0 Å². The Morgan fingerprint density at radius 1 is 1.04 bits per heavy atom. The molecule has 0 fully saturated rings. The zero-order valence-electron chi connectivity index (χ0n) is 13.5. The summed E-state index contributed by atoms with van der Waals surface area (Å²) >= 11 is 5.08. The number of carbonyl (C=O) groups excluding carboxylic acids is 1. The second-order valence-electron chi connectivity index (χ2n) is 5.36. The third kappa shape index (κ3) is 4.93. The molecule has 0 aliphatic heterocycles. The minimum atomic E-state index is -4.51. The van der Waals surface area contributed by atoms with Crippen LogP contribution in [0.4, 0.5) is 18.9 Å². The summed E-state index contributed by atoms with van der Waals surface area (Å²) in [5.74, 6) is -0.726. The number of aryl methyl sites for hydroxylation is 1. The van der Waals surface area contributed by atoms with E-state index in [-0.39, 0.29) is 10.7 Å². The van der Waals surface area contributed by atoms with Gasteiger partial charge in [0.2, 0.25) is 0 Å². The Morgan fingerprint density at radius 3 is 2.40 bits per heavy atom. The van der Waals surface area contributed by atoms with Gasteiger partial charge < -0.3 is 5.32 Å². The molecule has 8 heteroatoms. The minimum Gasteiger partial charge on any atom is -0.331 e. The van der Waals surface area contributed by atoms with Crippen LogP contribution in [0.15, 0.2) is 42.5 Å². The first kappa shape index (κ1) is 18.7. The Kier molecular flexibility index (Phi) is 5.63. The van der Waals surface area contributed by atoms with Gasteiger partial charge in [-0.1, -0.05) is 18.2 Å². The molecule has 0 atom stereocenters. The average molecular weight is 367 g/mol. The van der Waals surface area contributed by atoms with E-state index in [9.17, 15) is 18.0 Å². The second kappa shape index (κ2) is 7.52. The highest BCUT2D eigenvalue weighted by Crippen LogP contribution is 2.29. The van der Waals surface area contributed by atoms with Gasteiger partial charge in [0.25, 0.3) is 5.91 Å². The van der Waals surface area contributed by atoms with Gasteiger partial charge in [-0.25, -0.2) is 0 Å². The van der Waals surface area contributed by atoms with Gasteiger partial charge >= 0.3 is 6.18 Å². The van der Waals surface area contributed by atoms with Crippen molar-refractivity contribution in [3.05, 3.63) is 64.7 Å². The van der Waals surface area contributed by atoms with E-state index in [1.165, 1.54) is 12.1 Å². The summed E-state index contributed by atoms with van der Waals surface area (Å²) in [6.45, 7) is 3.87. The molecule has 0 unspecified atom stereocenters. The number of carbonyl (C=O) groups is 1. The van der Waals surface area contributed by atoms with E-state index in [2.05, 4.69) is 16.2 Å². The fourth-order valence-electron chi connectivity index (χ4n) is 2.06. The van der Waals surface area contributed by atoms with Crippen LogP contribution in [-0.2, 0) is 6.18 Å². The summed E-state index contributed by atoms with van der Waals surface area (Å²) in [6.07, 6.45) is -4.51. The van der Waals surface area contributed by atoms with Crippen molar-refractivity contribution in [3.63, 3.8) is 0 Å². The maximum absolute atomic E-state index is 12.7. The highest BCUT2D eigenvalue weighted by Gasteiger charge is 2.30. The van der Waals surface area contributed by atoms with E-state index in [1.54, 1.807) is 0 Å². The van der Waals surface area contributed by atoms with Gasteiger partial charge in [-0.15, -0.1) is 0 Å². The fraction of sp³-hybridized carbons (Fsp3) is 0.176. The molecule has 0 aliphatic carbocycles. The first-order valence-electron chi connectivity index (χ1n) is 7.29. The largest absolute Gasteiger partial charge is 0.416 e. The van der Waals surface area contributed by atoms with Crippen molar-refractivity contribution in [2.75, 3.05) is 5.32 Å². The Bertz CT molecular complexity index is 806. The molecule has 0 aliphatic rings. The zero-order chi connectivity index (χ0) is 18.6. The highest BCUT2D eigenvalue weighted by atomic mass is 32.1. The second-order valence-corrected chi connectivity index (χ2v) is 5.77. The van der Waals surface area contributed by atoms with Gasteiger partial charge in [0.15, 0.2) is 5.11 Å². The zero-order valence-corrected chi connectivity index (χ0v) is 14.3. The number of hydrogen-bond acceptors (Lipinski definition) is 2. The molecule has 0 spiro atoms. The van der Waals surface area contributed by atoms with Crippen LogP contribution in [0.2, 0.25) is 0 Å². The minimum absolute atomic E-state index is 0.119. The summed E-state index contributed by atoms with van der Waals surface area (Å²) in [5.41, 5.74) is 6.56. The van der Waals surface area contributed by atoms with Crippen LogP contribution in [0.25, 0.3) is 0 Å². The SMILES string of the molecule is Cc1cccc(NC(=S)NNC(=O)c2cccc(C(F)(F)F)c2)c1C. The number of nitrogens with one attached hydrogen (secondary N) is 3. The summed E-state index contributed by atoms with van der Waals surface area (Å²) in [4.78, 5) is 12.0. The van der Waals surface area contributed by atoms with Crippen LogP contribution in [0, 0.1) is 13.8 Å². The number of rotatable bonds is 2. The van der Waals surface area contributed by atoms with Crippen molar-refractivity contribution in [3.8, 4) is 0 Å². The van der Waals surface area contributed by atoms with Gasteiger partial charge in [-0.05, 0) is 61.5 Å². The molecule has 2 aromatic rings. The quantitative estimate of drug-likeness (QED) is 0.556. The Balaban J connectivity index is 1.98. The highest BCUT2D eigenvalue weighted by molar-refractivity contribution is 7.80. The van der Waals surface area contributed by atoms with E-state index >= 15 is 0 Å². The molecule has 0 bridgehead atoms. The number of alkyl halides is 3. The number of hydrogen-bond donors (Lipinski definition) is 3. The normalized spacial score (nSPS) is 10.9. The van der Waals surface area contributed by atoms with Crippen LogP contribution in [0.1, 0.15) is 27.0 Å².